The average Bonchev–Trinajstić information content (AvgIpc) is 2.91. The molecule has 4 N–H and O–H groups in total. The highest BCUT2D eigenvalue weighted by atomic mass is 16.2. The largest absolute Gasteiger partial charge is 0.369 e. The van der Waals surface area contributed by atoms with E-state index in [4.69, 9.17) is 5.73 Å². The van der Waals surface area contributed by atoms with E-state index in [0.29, 0.717) is 19.1 Å². The van der Waals surface area contributed by atoms with Gasteiger partial charge in [0.05, 0.1) is 12.3 Å². The fourth-order valence-electron chi connectivity index (χ4n) is 5.45. The molecule has 2 fully saturated rings. The Balaban J connectivity index is 1.58. The summed E-state index contributed by atoms with van der Waals surface area (Å²) in [5, 5.41) is 7.16. The number of benzene rings is 2. The van der Waals surface area contributed by atoms with Crippen molar-refractivity contribution in [3.05, 3.63) is 65.7 Å². The van der Waals surface area contributed by atoms with Crippen LogP contribution in [0.5, 0.6) is 0 Å². The summed E-state index contributed by atoms with van der Waals surface area (Å²) in [6.07, 6.45) is 2.52. The zero-order valence-electron chi connectivity index (χ0n) is 22.6. The Hall–Kier alpha value is -2.94. The number of para-hydroxylation sites is 1. The maximum Gasteiger partial charge on any atom is 0.327 e. The molecule has 8 heteroatoms. The van der Waals surface area contributed by atoms with Crippen LogP contribution >= 0.6 is 0 Å². The van der Waals surface area contributed by atoms with E-state index in [2.05, 4.69) is 39.8 Å². The lowest BCUT2D eigenvalue weighted by Crippen LogP contribution is -2.69. The van der Waals surface area contributed by atoms with Crippen LogP contribution in [0.15, 0.2) is 54.6 Å². The zero-order chi connectivity index (χ0) is 26.5. The molecule has 0 radical (unpaired) electrons. The number of rotatable bonds is 9. The number of anilines is 1. The van der Waals surface area contributed by atoms with Crippen LogP contribution in [0.2, 0.25) is 0 Å². The van der Waals surface area contributed by atoms with Gasteiger partial charge in [-0.1, -0.05) is 62.7 Å². The standard InChI is InChI=1S/C29H42N6O2/c1-20(2)18-35-26(30)25(28(36)34(4)29(35)37)27(32-23-10-6-5-7-11-23)33(3)19-21-13-15-22(16-14-21)24-12-8-9-17-31-24/h5-7,10-11,13-16,20,24-27,31-32H,8-9,12,17-19,30H2,1-4H3. The van der Waals surface area contributed by atoms with Crippen LogP contribution in [0.1, 0.15) is 50.3 Å². The van der Waals surface area contributed by atoms with Crippen molar-refractivity contribution in [2.45, 2.75) is 58.0 Å². The Labute approximate surface area is 221 Å². The van der Waals surface area contributed by atoms with Gasteiger partial charge in [-0.05, 0) is 55.6 Å². The van der Waals surface area contributed by atoms with Crippen molar-refractivity contribution < 1.29 is 9.59 Å². The van der Waals surface area contributed by atoms with E-state index in [1.807, 2.05) is 51.2 Å². The highest BCUT2D eigenvalue weighted by molar-refractivity contribution is 5.98. The van der Waals surface area contributed by atoms with E-state index < -0.39 is 18.2 Å². The number of piperidine rings is 1. The Morgan fingerprint density at radius 3 is 2.41 bits per heavy atom. The first kappa shape index (κ1) is 27.1. The molecule has 200 valence electrons. The lowest BCUT2D eigenvalue weighted by Gasteiger charge is -2.47. The second kappa shape index (κ2) is 12.1. The lowest BCUT2D eigenvalue weighted by atomic mass is 9.94. The number of nitrogens with zero attached hydrogens (tertiary/aromatic N) is 3. The first-order chi connectivity index (χ1) is 17.8. The van der Waals surface area contributed by atoms with E-state index in [0.717, 1.165) is 17.8 Å². The first-order valence-corrected chi connectivity index (χ1v) is 13.4. The molecule has 0 spiro atoms. The van der Waals surface area contributed by atoms with Crippen LogP contribution in [0.3, 0.4) is 0 Å². The smallest absolute Gasteiger partial charge is 0.327 e. The van der Waals surface area contributed by atoms with Crippen molar-refractivity contribution in [1.29, 1.82) is 0 Å². The van der Waals surface area contributed by atoms with Crippen molar-refractivity contribution >= 4 is 17.6 Å². The molecule has 2 heterocycles. The maximum atomic E-state index is 13.5. The number of amides is 3. The van der Waals surface area contributed by atoms with E-state index in [1.54, 1.807) is 11.9 Å². The molecule has 4 unspecified atom stereocenters. The molecule has 0 aromatic heterocycles. The topological polar surface area (TPSA) is 93.9 Å². The Kier molecular flexibility index (Phi) is 8.84. The summed E-state index contributed by atoms with van der Waals surface area (Å²) in [5.41, 5.74) is 10.1. The van der Waals surface area contributed by atoms with Crippen molar-refractivity contribution in [3.8, 4) is 0 Å². The van der Waals surface area contributed by atoms with Crippen LogP contribution in [0.4, 0.5) is 10.5 Å². The minimum absolute atomic E-state index is 0.229. The van der Waals surface area contributed by atoms with Crippen molar-refractivity contribution in [2.75, 3.05) is 32.5 Å². The molecular weight excluding hydrogens is 464 g/mol. The molecule has 8 nitrogen and oxygen atoms in total. The fourth-order valence-corrected chi connectivity index (χ4v) is 5.45. The number of urea groups is 1. The number of nitrogens with two attached hydrogens (primary N) is 1. The van der Waals surface area contributed by atoms with Crippen LogP contribution in [-0.4, -0.2) is 66.2 Å². The SMILES string of the molecule is CC(C)CN1C(=O)N(C)C(=O)C(C(Nc2ccccc2)N(C)Cc2ccc(C3CCCCN3)cc2)C1N. The Morgan fingerprint density at radius 1 is 1.08 bits per heavy atom. The highest BCUT2D eigenvalue weighted by Crippen LogP contribution is 2.28. The molecule has 0 saturated carbocycles. The molecule has 2 aliphatic rings. The quantitative estimate of drug-likeness (QED) is 0.448. The van der Waals surface area contributed by atoms with Gasteiger partial charge < -0.3 is 21.3 Å². The number of nitrogens with one attached hydrogen (secondary N) is 2. The van der Waals surface area contributed by atoms with E-state index in [9.17, 15) is 9.59 Å². The number of carbonyl (C=O) groups is 2. The van der Waals surface area contributed by atoms with Gasteiger partial charge in [-0.25, -0.2) is 4.79 Å². The van der Waals surface area contributed by atoms with Gasteiger partial charge in [0.2, 0.25) is 5.91 Å². The number of hydrogen-bond acceptors (Lipinski definition) is 6. The average molecular weight is 507 g/mol. The lowest BCUT2D eigenvalue weighted by molar-refractivity contribution is -0.140. The fraction of sp³-hybridized carbons (Fsp3) is 0.517. The third kappa shape index (κ3) is 6.32. The van der Waals surface area contributed by atoms with Gasteiger partial charge in [0, 0.05) is 31.9 Å². The van der Waals surface area contributed by atoms with Crippen molar-refractivity contribution in [2.24, 2.45) is 17.6 Å². The minimum atomic E-state index is -0.734. The normalized spacial score (nSPS) is 23.6. The van der Waals surface area contributed by atoms with Crippen LogP contribution in [-0.2, 0) is 11.3 Å². The third-order valence-electron chi connectivity index (χ3n) is 7.47. The van der Waals surface area contributed by atoms with Gasteiger partial charge in [0.15, 0.2) is 0 Å². The van der Waals surface area contributed by atoms with Gasteiger partial charge in [-0.3, -0.25) is 14.6 Å². The first-order valence-electron chi connectivity index (χ1n) is 13.4. The van der Waals surface area contributed by atoms with E-state index in [1.165, 1.54) is 29.7 Å². The number of hydrogen-bond donors (Lipinski definition) is 3. The Bertz CT molecular complexity index is 1040. The van der Waals surface area contributed by atoms with Crippen molar-refractivity contribution in [3.63, 3.8) is 0 Å². The summed E-state index contributed by atoms with van der Waals surface area (Å²) in [4.78, 5) is 31.4. The monoisotopic (exact) mass is 506 g/mol. The predicted octanol–water partition coefficient (Wildman–Crippen LogP) is 3.82. The highest BCUT2D eigenvalue weighted by Gasteiger charge is 2.48. The molecule has 3 amide bonds. The summed E-state index contributed by atoms with van der Waals surface area (Å²) < 4.78 is 0. The van der Waals surface area contributed by atoms with Gasteiger partial charge in [0.25, 0.3) is 0 Å². The molecule has 4 rings (SSSR count). The molecule has 0 aliphatic carbocycles. The molecule has 2 saturated heterocycles. The predicted molar refractivity (Wildman–Crippen MR) is 148 cm³/mol. The molecule has 37 heavy (non-hydrogen) atoms. The minimum Gasteiger partial charge on any atom is -0.369 e. The van der Waals surface area contributed by atoms with Gasteiger partial charge >= 0.3 is 6.03 Å². The molecular formula is C29H42N6O2. The molecule has 4 atom stereocenters. The number of imide groups is 1. The Morgan fingerprint density at radius 2 is 1.78 bits per heavy atom. The second-order valence-electron chi connectivity index (χ2n) is 10.9. The maximum absolute atomic E-state index is 13.5. The molecule has 2 aliphatic heterocycles. The second-order valence-corrected chi connectivity index (χ2v) is 10.9. The van der Waals surface area contributed by atoms with Gasteiger partial charge in [-0.2, -0.15) is 0 Å². The van der Waals surface area contributed by atoms with Gasteiger partial charge in [-0.15, -0.1) is 0 Å². The number of carbonyl (C=O) groups excluding carboxylic acids is 2. The van der Waals surface area contributed by atoms with E-state index >= 15 is 0 Å². The van der Waals surface area contributed by atoms with E-state index in [-0.39, 0.29) is 17.9 Å². The van der Waals surface area contributed by atoms with Gasteiger partial charge in [0.1, 0.15) is 5.92 Å². The molecule has 2 aromatic rings. The summed E-state index contributed by atoms with van der Waals surface area (Å²) in [7, 11) is 3.55. The third-order valence-corrected chi connectivity index (χ3v) is 7.47. The summed E-state index contributed by atoms with van der Waals surface area (Å²) in [6.45, 7) is 6.28. The van der Waals surface area contributed by atoms with Crippen LogP contribution in [0.25, 0.3) is 0 Å². The van der Waals surface area contributed by atoms with Crippen LogP contribution in [0, 0.1) is 11.8 Å². The summed E-state index contributed by atoms with van der Waals surface area (Å²) >= 11 is 0. The summed E-state index contributed by atoms with van der Waals surface area (Å²) in [6, 6.07) is 18.7. The van der Waals surface area contributed by atoms with Crippen molar-refractivity contribution in [1.82, 2.24) is 20.0 Å². The molecule has 2 aromatic carbocycles. The summed E-state index contributed by atoms with van der Waals surface area (Å²) in [5.74, 6) is -0.679. The zero-order valence-corrected chi connectivity index (χ0v) is 22.6. The van der Waals surface area contributed by atoms with Crippen LogP contribution < -0.4 is 16.4 Å². The molecule has 0 bridgehead atoms.